The van der Waals surface area contributed by atoms with Crippen LogP contribution in [-0.2, 0) is 0 Å². The highest BCUT2D eigenvalue weighted by Crippen LogP contribution is 2.21. The molecule has 7 heteroatoms. The highest BCUT2D eigenvalue weighted by molar-refractivity contribution is 5.65. The molecular formula is C9H13N7. The average molecular weight is 219 g/mol. The van der Waals surface area contributed by atoms with Crippen LogP contribution < -0.4 is 16.4 Å². The Bertz CT molecular complexity index is 520. The highest BCUT2D eigenvalue weighted by atomic mass is 15.4. The minimum absolute atomic E-state index is 0.210. The van der Waals surface area contributed by atoms with Crippen molar-refractivity contribution >= 4 is 17.4 Å². The van der Waals surface area contributed by atoms with E-state index in [9.17, 15) is 0 Å². The fraction of sp³-hybridized carbons (Fsp3) is 0.444. The van der Waals surface area contributed by atoms with Crippen molar-refractivity contribution in [1.82, 2.24) is 19.6 Å². The fourth-order valence-electron chi connectivity index (χ4n) is 2.02. The first kappa shape index (κ1) is 9.34. The molecule has 0 amide bonds. The third-order valence-electron chi connectivity index (χ3n) is 2.78. The summed E-state index contributed by atoms with van der Waals surface area (Å²) in [4.78, 5) is 10.6. The summed E-state index contributed by atoms with van der Waals surface area (Å²) in [7, 11) is 0. The van der Waals surface area contributed by atoms with Gasteiger partial charge in [0.05, 0.1) is 0 Å². The maximum absolute atomic E-state index is 5.87. The molecule has 0 aliphatic carbocycles. The fourth-order valence-corrected chi connectivity index (χ4v) is 2.02. The van der Waals surface area contributed by atoms with E-state index in [1.165, 1.54) is 0 Å². The van der Waals surface area contributed by atoms with Crippen LogP contribution in [0.2, 0.25) is 0 Å². The summed E-state index contributed by atoms with van der Waals surface area (Å²) in [5.41, 5.74) is 12.1. The Morgan fingerprint density at radius 2 is 2.31 bits per heavy atom. The molecule has 0 bridgehead atoms. The normalized spacial score (nSPS) is 20.8. The number of nitrogen functional groups attached to an aromatic ring is 1. The highest BCUT2D eigenvalue weighted by Gasteiger charge is 2.23. The number of anilines is 2. The Hall–Kier alpha value is -1.89. The number of hydrogen-bond donors (Lipinski definition) is 2. The molecule has 1 unspecified atom stereocenters. The van der Waals surface area contributed by atoms with Crippen LogP contribution in [0.25, 0.3) is 5.65 Å². The Kier molecular flexibility index (Phi) is 1.93. The summed E-state index contributed by atoms with van der Waals surface area (Å²) in [5.74, 6) is 1.07. The second-order valence-corrected chi connectivity index (χ2v) is 3.98. The third kappa shape index (κ3) is 1.36. The number of aromatic nitrogens is 4. The van der Waals surface area contributed by atoms with E-state index in [1.807, 2.05) is 0 Å². The SMILES string of the molecule is Nc1nc2c(N3CCC(N)C3)nccn2n1. The Morgan fingerprint density at radius 3 is 3.06 bits per heavy atom. The lowest BCUT2D eigenvalue weighted by Gasteiger charge is -2.16. The Labute approximate surface area is 92.1 Å². The lowest BCUT2D eigenvalue weighted by atomic mass is 10.3. The van der Waals surface area contributed by atoms with Crippen molar-refractivity contribution in [1.29, 1.82) is 0 Å². The van der Waals surface area contributed by atoms with Gasteiger partial charge in [-0.15, -0.1) is 5.10 Å². The zero-order valence-electron chi connectivity index (χ0n) is 8.74. The molecule has 1 saturated heterocycles. The van der Waals surface area contributed by atoms with Crippen LogP contribution in [0, 0.1) is 0 Å². The summed E-state index contributed by atoms with van der Waals surface area (Å²) in [5, 5.41) is 4.05. The van der Waals surface area contributed by atoms with Gasteiger partial charge in [-0.1, -0.05) is 0 Å². The van der Waals surface area contributed by atoms with Gasteiger partial charge in [0.1, 0.15) is 0 Å². The van der Waals surface area contributed by atoms with Crippen LogP contribution in [-0.4, -0.2) is 38.7 Å². The second-order valence-electron chi connectivity index (χ2n) is 3.98. The third-order valence-corrected chi connectivity index (χ3v) is 2.78. The van der Waals surface area contributed by atoms with E-state index in [2.05, 4.69) is 20.0 Å². The standard InChI is InChI=1S/C9H13N7/c10-6-1-3-15(5-6)7-8-13-9(11)14-16(8)4-2-12-7/h2,4,6H,1,3,5,10H2,(H2,11,14). The van der Waals surface area contributed by atoms with E-state index in [-0.39, 0.29) is 12.0 Å². The molecule has 16 heavy (non-hydrogen) atoms. The maximum Gasteiger partial charge on any atom is 0.240 e. The van der Waals surface area contributed by atoms with E-state index in [4.69, 9.17) is 11.5 Å². The van der Waals surface area contributed by atoms with Crippen molar-refractivity contribution in [3.8, 4) is 0 Å². The molecule has 0 radical (unpaired) electrons. The van der Waals surface area contributed by atoms with Gasteiger partial charge in [-0.05, 0) is 6.42 Å². The molecule has 2 aromatic heterocycles. The van der Waals surface area contributed by atoms with Gasteiger partial charge in [-0.25, -0.2) is 9.50 Å². The molecule has 3 rings (SSSR count). The first-order valence-corrected chi connectivity index (χ1v) is 5.21. The van der Waals surface area contributed by atoms with Crippen LogP contribution in [0.5, 0.6) is 0 Å². The van der Waals surface area contributed by atoms with Gasteiger partial charge in [0.25, 0.3) is 0 Å². The first-order valence-electron chi connectivity index (χ1n) is 5.21. The predicted molar refractivity (Wildman–Crippen MR) is 60.0 cm³/mol. The van der Waals surface area contributed by atoms with Crippen LogP contribution in [0.4, 0.5) is 11.8 Å². The van der Waals surface area contributed by atoms with Gasteiger partial charge < -0.3 is 16.4 Å². The molecule has 0 spiro atoms. The zero-order chi connectivity index (χ0) is 11.1. The number of fused-ring (bicyclic) bond motifs is 1. The average Bonchev–Trinajstić information content (AvgIpc) is 2.82. The number of rotatable bonds is 1. The van der Waals surface area contributed by atoms with Crippen molar-refractivity contribution in [2.24, 2.45) is 5.73 Å². The lowest BCUT2D eigenvalue weighted by Crippen LogP contribution is -2.27. The van der Waals surface area contributed by atoms with Crippen LogP contribution in [0.15, 0.2) is 12.4 Å². The van der Waals surface area contributed by atoms with Gasteiger partial charge in [0, 0.05) is 31.5 Å². The molecule has 4 N–H and O–H groups in total. The summed E-state index contributed by atoms with van der Waals surface area (Å²) >= 11 is 0. The van der Waals surface area contributed by atoms with Gasteiger partial charge in [0.15, 0.2) is 11.5 Å². The molecule has 1 atom stereocenters. The van der Waals surface area contributed by atoms with Gasteiger partial charge >= 0.3 is 0 Å². The summed E-state index contributed by atoms with van der Waals surface area (Å²) in [6.07, 6.45) is 4.41. The minimum atomic E-state index is 0.210. The van der Waals surface area contributed by atoms with E-state index in [1.54, 1.807) is 16.9 Å². The Morgan fingerprint density at radius 1 is 1.44 bits per heavy atom. The molecule has 1 fully saturated rings. The second kappa shape index (κ2) is 3.31. The van der Waals surface area contributed by atoms with E-state index in [0.717, 1.165) is 25.3 Å². The first-order chi connectivity index (χ1) is 7.74. The quantitative estimate of drug-likeness (QED) is 0.654. The lowest BCUT2D eigenvalue weighted by molar-refractivity contribution is 0.751. The van der Waals surface area contributed by atoms with Crippen LogP contribution >= 0.6 is 0 Å². The largest absolute Gasteiger partial charge is 0.366 e. The summed E-state index contributed by atoms with van der Waals surface area (Å²) in [6.45, 7) is 1.71. The van der Waals surface area contributed by atoms with Gasteiger partial charge in [-0.3, -0.25) is 0 Å². The smallest absolute Gasteiger partial charge is 0.240 e. The molecule has 0 aromatic carbocycles. The molecule has 2 aromatic rings. The molecule has 1 aliphatic rings. The van der Waals surface area contributed by atoms with Gasteiger partial charge in [-0.2, -0.15) is 4.98 Å². The number of hydrogen-bond acceptors (Lipinski definition) is 6. The minimum Gasteiger partial charge on any atom is -0.366 e. The maximum atomic E-state index is 5.87. The molecule has 84 valence electrons. The zero-order valence-corrected chi connectivity index (χ0v) is 8.74. The van der Waals surface area contributed by atoms with Crippen molar-refractivity contribution in [3.05, 3.63) is 12.4 Å². The summed E-state index contributed by atoms with van der Waals surface area (Å²) < 4.78 is 1.64. The van der Waals surface area contributed by atoms with E-state index >= 15 is 0 Å². The monoisotopic (exact) mass is 219 g/mol. The molecule has 7 nitrogen and oxygen atoms in total. The molecule has 1 aliphatic heterocycles. The molecular weight excluding hydrogens is 206 g/mol. The van der Waals surface area contributed by atoms with Crippen molar-refractivity contribution < 1.29 is 0 Å². The number of nitrogens with zero attached hydrogens (tertiary/aromatic N) is 5. The van der Waals surface area contributed by atoms with Crippen molar-refractivity contribution in [2.75, 3.05) is 23.7 Å². The van der Waals surface area contributed by atoms with E-state index in [0.29, 0.717) is 5.65 Å². The molecule has 0 saturated carbocycles. The predicted octanol–water partition coefficient (Wildman–Crippen LogP) is -0.756. The van der Waals surface area contributed by atoms with Crippen molar-refractivity contribution in [3.63, 3.8) is 0 Å². The topological polar surface area (TPSA) is 98.4 Å². The van der Waals surface area contributed by atoms with Crippen LogP contribution in [0.1, 0.15) is 6.42 Å². The molecule has 3 heterocycles. The van der Waals surface area contributed by atoms with E-state index < -0.39 is 0 Å². The number of nitrogens with two attached hydrogens (primary N) is 2. The van der Waals surface area contributed by atoms with Gasteiger partial charge in [0.2, 0.25) is 5.95 Å². The van der Waals surface area contributed by atoms with Crippen LogP contribution in [0.3, 0.4) is 0 Å². The van der Waals surface area contributed by atoms with Crippen molar-refractivity contribution in [2.45, 2.75) is 12.5 Å². The Balaban J connectivity index is 2.09. The summed E-state index contributed by atoms with van der Waals surface area (Å²) in [6, 6.07) is 0.210.